The predicted molar refractivity (Wildman–Crippen MR) is 107 cm³/mol. The summed E-state index contributed by atoms with van der Waals surface area (Å²) in [5.74, 6) is -0.0530. The van der Waals surface area contributed by atoms with E-state index in [-0.39, 0.29) is 5.91 Å². The highest BCUT2D eigenvalue weighted by Gasteiger charge is 2.29. The van der Waals surface area contributed by atoms with Crippen LogP contribution in [-0.2, 0) is 6.42 Å². The SMILES string of the molecule is Cc1c2c(n(-c3ccc(Cl)cc3Cl)c1-c1ccc(Cl)cc1)CCNC2=O. The van der Waals surface area contributed by atoms with Gasteiger partial charge in [0, 0.05) is 28.7 Å². The lowest BCUT2D eigenvalue weighted by molar-refractivity contribution is 0.0945. The van der Waals surface area contributed by atoms with Crippen molar-refractivity contribution in [3.05, 3.63) is 74.4 Å². The predicted octanol–water partition coefficient (Wildman–Crippen LogP) is 5.70. The van der Waals surface area contributed by atoms with Crippen LogP contribution in [0, 0.1) is 6.92 Å². The van der Waals surface area contributed by atoms with Crippen LogP contribution in [0.3, 0.4) is 0 Å². The van der Waals surface area contributed by atoms with Crippen LogP contribution < -0.4 is 5.32 Å². The Morgan fingerprint density at radius 3 is 2.38 bits per heavy atom. The maximum absolute atomic E-state index is 12.5. The molecule has 2 aromatic carbocycles. The smallest absolute Gasteiger partial charge is 0.253 e. The van der Waals surface area contributed by atoms with Crippen molar-refractivity contribution in [2.24, 2.45) is 0 Å². The number of carbonyl (C=O) groups is 1. The highest BCUT2D eigenvalue weighted by molar-refractivity contribution is 6.35. The number of benzene rings is 2. The Morgan fingerprint density at radius 1 is 1.00 bits per heavy atom. The molecule has 0 saturated carbocycles. The molecule has 1 aliphatic heterocycles. The van der Waals surface area contributed by atoms with Crippen LogP contribution in [0.4, 0.5) is 0 Å². The summed E-state index contributed by atoms with van der Waals surface area (Å²) >= 11 is 18.6. The van der Waals surface area contributed by atoms with Crippen molar-refractivity contribution in [1.82, 2.24) is 9.88 Å². The fourth-order valence-corrected chi connectivity index (χ4v) is 4.17. The van der Waals surface area contributed by atoms with Crippen molar-refractivity contribution in [2.75, 3.05) is 6.54 Å². The van der Waals surface area contributed by atoms with Crippen molar-refractivity contribution in [1.29, 1.82) is 0 Å². The third-order valence-corrected chi connectivity index (χ3v) is 5.44. The van der Waals surface area contributed by atoms with E-state index in [4.69, 9.17) is 34.8 Å². The molecule has 6 heteroatoms. The third kappa shape index (κ3) is 2.81. The van der Waals surface area contributed by atoms with Gasteiger partial charge in [0.1, 0.15) is 0 Å². The van der Waals surface area contributed by atoms with Crippen molar-refractivity contribution in [3.63, 3.8) is 0 Å². The molecule has 2 heterocycles. The second-order valence-electron chi connectivity index (χ2n) is 6.24. The molecule has 0 aliphatic carbocycles. The highest BCUT2D eigenvalue weighted by atomic mass is 35.5. The number of hydrogen-bond acceptors (Lipinski definition) is 1. The van der Waals surface area contributed by atoms with E-state index in [0.29, 0.717) is 27.2 Å². The molecule has 4 rings (SSSR count). The van der Waals surface area contributed by atoms with E-state index < -0.39 is 0 Å². The molecule has 1 aromatic heterocycles. The Kier molecular flexibility index (Phi) is 4.47. The maximum atomic E-state index is 12.5. The molecular weight excluding hydrogens is 391 g/mol. The van der Waals surface area contributed by atoms with Crippen molar-refractivity contribution in [3.8, 4) is 16.9 Å². The van der Waals surface area contributed by atoms with E-state index in [1.807, 2.05) is 37.3 Å². The van der Waals surface area contributed by atoms with Gasteiger partial charge in [-0.3, -0.25) is 4.79 Å². The summed E-state index contributed by atoms with van der Waals surface area (Å²) in [6, 6.07) is 13.0. The molecule has 0 fully saturated rings. The van der Waals surface area contributed by atoms with Gasteiger partial charge < -0.3 is 9.88 Å². The number of carbonyl (C=O) groups excluding carboxylic acids is 1. The second kappa shape index (κ2) is 6.66. The Bertz CT molecular complexity index is 1020. The second-order valence-corrected chi connectivity index (χ2v) is 7.52. The van der Waals surface area contributed by atoms with E-state index in [1.54, 1.807) is 12.1 Å². The van der Waals surface area contributed by atoms with Crippen LogP contribution in [-0.4, -0.2) is 17.0 Å². The van der Waals surface area contributed by atoms with Crippen LogP contribution in [0.25, 0.3) is 16.9 Å². The first-order valence-electron chi connectivity index (χ1n) is 8.21. The normalized spacial score (nSPS) is 13.5. The van der Waals surface area contributed by atoms with Crippen LogP contribution in [0.2, 0.25) is 15.1 Å². The first-order chi connectivity index (χ1) is 12.5. The van der Waals surface area contributed by atoms with E-state index in [9.17, 15) is 4.79 Å². The Balaban J connectivity index is 2.07. The van der Waals surface area contributed by atoms with Crippen molar-refractivity contribution < 1.29 is 4.79 Å². The topological polar surface area (TPSA) is 34.0 Å². The average Bonchev–Trinajstić information content (AvgIpc) is 2.90. The lowest BCUT2D eigenvalue weighted by Gasteiger charge is -2.19. The number of aromatic nitrogens is 1. The van der Waals surface area contributed by atoms with Gasteiger partial charge in [-0.25, -0.2) is 0 Å². The van der Waals surface area contributed by atoms with Gasteiger partial charge in [-0.15, -0.1) is 0 Å². The molecule has 0 spiro atoms. The van der Waals surface area contributed by atoms with Gasteiger partial charge in [0.25, 0.3) is 5.91 Å². The number of nitrogens with one attached hydrogen (secondary N) is 1. The van der Waals surface area contributed by atoms with Crippen LogP contribution in [0.5, 0.6) is 0 Å². The quantitative estimate of drug-likeness (QED) is 0.583. The summed E-state index contributed by atoms with van der Waals surface area (Å²) in [6.45, 7) is 2.56. The summed E-state index contributed by atoms with van der Waals surface area (Å²) in [6.07, 6.45) is 0.731. The molecule has 0 unspecified atom stereocenters. The van der Waals surface area contributed by atoms with E-state index >= 15 is 0 Å². The Labute approximate surface area is 166 Å². The van der Waals surface area contributed by atoms with Gasteiger partial charge in [0.15, 0.2) is 0 Å². The summed E-state index contributed by atoms with van der Waals surface area (Å²) in [7, 11) is 0. The largest absolute Gasteiger partial charge is 0.352 e. The first-order valence-corrected chi connectivity index (χ1v) is 9.34. The van der Waals surface area contributed by atoms with Gasteiger partial charge >= 0.3 is 0 Å². The molecule has 1 amide bonds. The van der Waals surface area contributed by atoms with Gasteiger partial charge in [-0.05, 0) is 48.4 Å². The zero-order valence-electron chi connectivity index (χ0n) is 13.9. The Hall–Kier alpha value is -1.94. The van der Waals surface area contributed by atoms with Crippen LogP contribution >= 0.6 is 34.8 Å². The van der Waals surface area contributed by atoms with Crippen LogP contribution in [0.1, 0.15) is 21.6 Å². The molecule has 0 atom stereocenters. The first kappa shape index (κ1) is 17.5. The number of fused-ring (bicyclic) bond motifs is 1. The van der Waals surface area contributed by atoms with E-state index in [0.717, 1.165) is 34.6 Å². The average molecular weight is 406 g/mol. The molecule has 0 bridgehead atoms. The Morgan fingerprint density at radius 2 is 1.69 bits per heavy atom. The standard InChI is InChI=1S/C20H15Cl3N2O/c1-11-18-17(8-9-24-20(18)26)25(16-7-6-14(22)10-15(16)23)19(11)12-2-4-13(21)5-3-12/h2-7,10H,8-9H2,1H3,(H,24,26). The molecule has 132 valence electrons. The van der Waals surface area contributed by atoms with E-state index in [2.05, 4.69) is 9.88 Å². The fraction of sp³-hybridized carbons (Fsp3) is 0.150. The number of hydrogen-bond donors (Lipinski definition) is 1. The highest BCUT2D eigenvalue weighted by Crippen LogP contribution is 2.38. The molecule has 3 nitrogen and oxygen atoms in total. The van der Waals surface area contributed by atoms with Crippen molar-refractivity contribution >= 4 is 40.7 Å². The van der Waals surface area contributed by atoms with Gasteiger partial charge in [-0.1, -0.05) is 46.9 Å². The number of nitrogens with zero attached hydrogens (tertiary/aromatic N) is 1. The van der Waals surface area contributed by atoms with Gasteiger partial charge in [0.05, 0.1) is 22.0 Å². The molecule has 0 saturated heterocycles. The molecule has 1 aliphatic rings. The minimum atomic E-state index is -0.0530. The summed E-state index contributed by atoms with van der Waals surface area (Å²) in [4.78, 5) is 12.5. The van der Waals surface area contributed by atoms with Gasteiger partial charge in [-0.2, -0.15) is 0 Å². The molecule has 0 radical (unpaired) electrons. The minimum absolute atomic E-state index is 0.0530. The summed E-state index contributed by atoms with van der Waals surface area (Å²) in [5.41, 5.74) is 5.31. The van der Waals surface area contributed by atoms with Crippen molar-refractivity contribution in [2.45, 2.75) is 13.3 Å². The van der Waals surface area contributed by atoms with E-state index in [1.165, 1.54) is 0 Å². The molecule has 3 aromatic rings. The zero-order valence-corrected chi connectivity index (χ0v) is 16.2. The molecule has 1 N–H and O–H groups in total. The number of rotatable bonds is 2. The lowest BCUT2D eigenvalue weighted by atomic mass is 10.0. The zero-order chi connectivity index (χ0) is 18.4. The molecule has 26 heavy (non-hydrogen) atoms. The summed E-state index contributed by atoms with van der Waals surface area (Å²) in [5, 5.41) is 4.70. The summed E-state index contributed by atoms with van der Waals surface area (Å²) < 4.78 is 2.07. The van der Waals surface area contributed by atoms with Gasteiger partial charge in [0.2, 0.25) is 0 Å². The lowest BCUT2D eigenvalue weighted by Crippen LogP contribution is -2.32. The molecular formula is C20H15Cl3N2O. The minimum Gasteiger partial charge on any atom is -0.352 e. The maximum Gasteiger partial charge on any atom is 0.253 e. The monoisotopic (exact) mass is 404 g/mol. The third-order valence-electron chi connectivity index (χ3n) is 4.66. The van der Waals surface area contributed by atoms with Crippen LogP contribution in [0.15, 0.2) is 42.5 Å². The number of amides is 1. The number of halogens is 3. The fourth-order valence-electron chi connectivity index (χ4n) is 3.55.